The zero-order valence-corrected chi connectivity index (χ0v) is 17.4. The third-order valence-electron chi connectivity index (χ3n) is 3.67. The van der Waals surface area contributed by atoms with E-state index in [9.17, 15) is 17.6 Å². The fraction of sp³-hybridized carbons (Fsp3) is 0.278. The van der Waals surface area contributed by atoms with E-state index >= 15 is 0 Å². The van der Waals surface area contributed by atoms with Crippen molar-refractivity contribution < 1.29 is 22.3 Å². The zero-order chi connectivity index (χ0) is 20.2. The maximum absolute atomic E-state index is 13.8. The van der Waals surface area contributed by atoms with Gasteiger partial charge in [-0.1, -0.05) is 15.9 Å². The number of carbonyl (C=O) groups is 1. The summed E-state index contributed by atoms with van der Waals surface area (Å²) >= 11 is 3.12. The van der Waals surface area contributed by atoms with Crippen molar-refractivity contribution in [3.63, 3.8) is 0 Å². The summed E-state index contributed by atoms with van der Waals surface area (Å²) in [5.74, 6) is -0.717. The molecular formula is C18H20BrFN2O4S. The van der Waals surface area contributed by atoms with E-state index in [1.54, 1.807) is 19.1 Å². The highest BCUT2D eigenvalue weighted by atomic mass is 79.9. The highest BCUT2D eigenvalue weighted by Crippen LogP contribution is 2.22. The Labute approximate surface area is 166 Å². The van der Waals surface area contributed by atoms with E-state index in [0.29, 0.717) is 22.4 Å². The van der Waals surface area contributed by atoms with Crippen molar-refractivity contribution in [2.45, 2.75) is 31.7 Å². The number of sulfonamides is 1. The van der Waals surface area contributed by atoms with Gasteiger partial charge in [0, 0.05) is 4.47 Å². The molecule has 6 nitrogen and oxygen atoms in total. The molecule has 1 amide bonds. The second-order valence-electron chi connectivity index (χ2n) is 5.82. The Balaban J connectivity index is 2.12. The second kappa shape index (κ2) is 8.81. The van der Waals surface area contributed by atoms with Crippen molar-refractivity contribution in [1.29, 1.82) is 0 Å². The molecule has 0 bridgehead atoms. The molecule has 0 spiro atoms. The van der Waals surface area contributed by atoms with Crippen molar-refractivity contribution in [2.75, 3.05) is 11.9 Å². The predicted molar refractivity (Wildman–Crippen MR) is 105 cm³/mol. The molecule has 2 N–H and O–H groups in total. The van der Waals surface area contributed by atoms with E-state index in [2.05, 4.69) is 26.0 Å². The number of nitrogens with one attached hydrogen (secondary N) is 2. The fourth-order valence-corrected chi connectivity index (χ4v) is 3.91. The number of benzene rings is 2. The Hall–Kier alpha value is -1.97. The largest absolute Gasteiger partial charge is 0.494 e. The smallest absolute Gasteiger partial charge is 0.242 e. The fourth-order valence-electron chi connectivity index (χ4n) is 2.29. The van der Waals surface area contributed by atoms with Crippen molar-refractivity contribution in [3.05, 3.63) is 52.3 Å². The van der Waals surface area contributed by atoms with Crippen LogP contribution in [0.4, 0.5) is 10.1 Å². The lowest BCUT2D eigenvalue weighted by atomic mass is 10.2. The first-order valence-electron chi connectivity index (χ1n) is 8.15. The van der Waals surface area contributed by atoms with Gasteiger partial charge in [-0.05, 0) is 62.7 Å². The minimum atomic E-state index is -3.94. The Kier molecular flexibility index (Phi) is 6.96. The van der Waals surface area contributed by atoms with E-state index in [0.717, 1.165) is 0 Å². The quantitative estimate of drug-likeness (QED) is 0.663. The topological polar surface area (TPSA) is 84.5 Å². The van der Waals surface area contributed by atoms with E-state index < -0.39 is 27.8 Å². The molecule has 2 rings (SSSR count). The van der Waals surface area contributed by atoms with Crippen molar-refractivity contribution in [2.24, 2.45) is 0 Å². The summed E-state index contributed by atoms with van der Waals surface area (Å²) in [6, 6.07) is 7.48. The molecule has 0 saturated carbocycles. The van der Waals surface area contributed by atoms with Crippen LogP contribution in [0.5, 0.6) is 5.75 Å². The lowest BCUT2D eigenvalue weighted by molar-refractivity contribution is -0.117. The maximum Gasteiger partial charge on any atom is 0.242 e. The molecule has 0 heterocycles. The molecule has 0 aliphatic rings. The minimum absolute atomic E-state index is 0.0120. The number of amides is 1. The molecule has 9 heteroatoms. The molecule has 2 aromatic rings. The van der Waals surface area contributed by atoms with Gasteiger partial charge >= 0.3 is 0 Å². The molecular weight excluding hydrogens is 439 g/mol. The number of halogens is 2. The number of carbonyl (C=O) groups excluding carboxylic acids is 1. The molecule has 0 aromatic heterocycles. The highest BCUT2D eigenvalue weighted by Gasteiger charge is 2.23. The van der Waals surface area contributed by atoms with Gasteiger partial charge in [0.1, 0.15) is 11.6 Å². The lowest BCUT2D eigenvalue weighted by Gasteiger charge is -2.16. The van der Waals surface area contributed by atoms with Gasteiger partial charge < -0.3 is 10.1 Å². The standard InChI is InChI=1S/C18H20BrFN2O4S/c1-4-26-17-8-6-14(9-11(17)2)27(24,25)22-12(3)18(23)21-16-7-5-13(19)10-15(16)20/h5-10,12,22H,4H2,1-3H3,(H,21,23)/t12-/m0/s1. The molecule has 0 fully saturated rings. The van der Waals surface area contributed by atoms with Gasteiger partial charge in [0.25, 0.3) is 0 Å². The number of aryl methyl sites for hydroxylation is 1. The van der Waals surface area contributed by atoms with Gasteiger partial charge in [0.2, 0.25) is 15.9 Å². The molecule has 146 valence electrons. The maximum atomic E-state index is 13.8. The summed E-state index contributed by atoms with van der Waals surface area (Å²) in [6.45, 7) is 5.41. The van der Waals surface area contributed by atoms with Gasteiger partial charge in [-0.2, -0.15) is 4.72 Å². The SMILES string of the molecule is CCOc1ccc(S(=O)(=O)N[C@@H](C)C(=O)Nc2ccc(Br)cc2F)cc1C. The average Bonchev–Trinajstić information content (AvgIpc) is 2.58. The first-order valence-corrected chi connectivity index (χ1v) is 10.4. The summed E-state index contributed by atoms with van der Waals surface area (Å²) < 4.78 is 47.1. The van der Waals surface area contributed by atoms with Crippen LogP contribution >= 0.6 is 15.9 Å². The average molecular weight is 459 g/mol. The number of rotatable bonds is 7. The van der Waals surface area contributed by atoms with Gasteiger partial charge in [-0.15, -0.1) is 0 Å². The molecule has 27 heavy (non-hydrogen) atoms. The third kappa shape index (κ3) is 5.50. The van der Waals surface area contributed by atoms with Crippen LogP contribution in [-0.2, 0) is 14.8 Å². The molecule has 2 aromatic carbocycles. The summed E-state index contributed by atoms with van der Waals surface area (Å²) in [5, 5.41) is 2.37. The Bertz CT molecular complexity index is 950. The molecule has 1 atom stereocenters. The summed E-state index contributed by atoms with van der Waals surface area (Å²) in [5.41, 5.74) is 0.625. The van der Waals surface area contributed by atoms with Crippen LogP contribution in [0.3, 0.4) is 0 Å². The Morgan fingerprint density at radius 2 is 1.96 bits per heavy atom. The Morgan fingerprint density at radius 3 is 2.56 bits per heavy atom. The van der Waals surface area contributed by atoms with Crippen LogP contribution in [0.15, 0.2) is 45.8 Å². The van der Waals surface area contributed by atoms with Crippen LogP contribution < -0.4 is 14.8 Å². The third-order valence-corrected chi connectivity index (χ3v) is 5.70. The monoisotopic (exact) mass is 458 g/mol. The van der Waals surface area contributed by atoms with Crippen LogP contribution in [0, 0.1) is 12.7 Å². The number of hydrogen-bond donors (Lipinski definition) is 2. The highest BCUT2D eigenvalue weighted by molar-refractivity contribution is 9.10. The van der Waals surface area contributed by atoms with E-state index in [-0.39, 0.29) is 10.6 Å². The predicted octanol–water partition coefficient (Wildman–Crippen LogP) is 3.60. The summed E-state index contributed by atoms with van der Waals surface area (Å²) in [4.78, 5) is 12.2. The van der Waals surface area contributed by atoms with Gasteiger partial charge in [0.05, 0.1) is 23.2 Å². The van der Waals surface area contributed by atoms with Crippen molar-refractivity contribution >= 4 is 37.5 Å². The van der Waals surface area contributed by atoms with E-state index in [1.807, 2.05) is 6.92 Å². The second-order valence-corrected chi connectivity index (χ2v) is 8.45. The van der Waals surface area contributed by atoms with Gasteiger partial charge in [-0.3, -0.25) is 4.79 Å². The molecule has 0 radical (unpaired) electrons. The number of anilines is 1. The minimum Gasteiger partial charge on any atom is -0.494 e. The van der Waals surface area contributed by atoms with Gasteiger partial charge in [0.15, 0.2) is 0 Å². The molecule has 0 aliphatic carbocycles. The van der Waals surface area contributed by atoms with Crippen molar-refractivity contribution in [3.8, 4) is 5.75 Å². The van der Waals surface area contributed by atoms with Crippen molar-refractivity contribution in [1.82, 2.24) is 4.72 Å². The Morgan fingerprint density at radius 1 is 1.26 bits per heavy atom. The van der Waals surface area contributed by atoms with Crippen LogP contribution in [0.25, 0.3) is 0 Å². The first kappa shape index (κ1) is 21.3. The molecule has 0 unspecified atom stereocenters. The van der Waals surface area contributed by atoms with Crippen LogP contribution in [0.2, 0.25) is 0 Å². The summed E-state index contributed by atoms with van der Waals surface area (Å²) in [6.07, 6.45) is 0. The summed E-state index contributed by atoms with van der Waals surface area (Å²) in [7, 11) is -3.94. The number of hydrogen-bond acceptors (Lipinski definition) is 4. The van der Waals surface area contributed by atoms with E-state index in [4.69, 9.17) is 4.74 Å². The van der Waals surface area contributed by atoms with E-state index in [1.165, 1.54) is 31.2 Å². The van der Waals surface area contributed by atoms with Crippen LogP contribution in [0.1, 0.15) is 19.4 Å². The normalized spacial score (nSPS) is 12.5. The zero-order valence-electron chi connectivity index (χ0n) is 15.0. The number of ether oxygens (including phenoxy) is 1. The van der Waals surface area contributed by atoms with Crippen LogP contribution in [-0.4, -0.2) is 27.0 Å². The lowest BCUT2D eigenvalue weighted by Crippen LogP contribution is -2.41. The molecule has 0 saturated heterocycles. The van der Waals surface area contributed by atoms with Gasteiger partial charge in [-0.25, -0.2) is 12.8 Å². The molecule has 0 aliphatic heterocycles. The first-order chi connectivity index (χ1) is 12.6.